The normalized spacial score (nSPS) is 18.3. The summed E-state index contributed by atoms with van der Waals surface area (Å²) in [6.07, 6.45) is 1.73. The first kappa shape index (κ1) is 28.2. The van der Waals surface area contributed by atoms with Gasteiger partial charge >= 0.3 is 0 Å². The number of nitrogens with zero attached hydrogens (tertiary/aromatic N) is 4. The molecule has 2 saturated heterocycles. The fourth-order valence-corrected chi connectivity index (χ4v) is 9.37. The smallest absolute Gasteiger partial charge is 0.252 e. The maximum absolute atomic E-state index is 13.9. The molecule has 13 heteroatoms. The first-order chi connectivity index (χ1) is 18.2. The lowest BCUT2D eigenvalue weighted by Gasteiger charge is -2.33. The summed E-state index contributed by atoms with van der Waals surface area (Å²) in [4.78, 5) is 22.9. The van der Waals surface area contributed by atoms with Gasteiger partial charge in [-0.2, -0.15) is 4.31 Å². The second kappa shape index (κ2) is 12.1. The molecule has 0 radical (unpaired) electrons. The number of carbonyl (C=O) groups is 1. The van der Waals surface area contributed by atoms with Crippen molar-refractivity contribution in [3.8, 4) is 0 Å². The average Bonchev–Trinajstić information content (AvgIpc) is 3.57. The van der Waals surface area contributed by atoms with Gasteiger partial charge in [-0.1, -0.05) is 40.6 Å². The third-order valence-electron chi connectivity index (χ3n) is 7.09. The summed E-state index contributed by atoms with van der Waals surface area (Å²) >= 11 is 14.9. The Bertz CT molecular complexity index is 1360. The van der Waals surface area contributed by atoms with E-state index < -0.39 is 10.0 Å². The number of carbonyl (C=O) groups excluding carboxylic acids is 1. The third-order valence-corrected chi connectivity index (χ3v) is 12.2. The quantitative estimate of drug-likeness (QED) is 0.349. The van der Waals surface area contributed by atoms with Gasteiger partial charge in [-0.3, -0.25) is 14.6 Å². The minimum Gasteiger partial charge on any atom is -0.379 e. The van der Waals surface area contributed by atoms with E-state index in [1.807, 2.05) is 19.1 Å². The molecule has 2 aromatic heterocycles. The highest BCUT2D eigenvalue weighted by Crippen LogP contribution is 2.37. The van der Waals surface area contributed by atoms with Crippen molar-refractivity contribution in [3.63, 3.8) is 0 Å². The Morgan fingerprint density at radius 3 is 2.50 bits per heavy atom. The highest BCUT2D eigenvalue weighted by Gasteiger charge is 2.35. The number of anilines is 1. The molecule has 38 heavy (non-hydrogen) atoms. The number of hydrogen-bond acceptors (Lipinski definition) is 8. The molecular formula is C25H30Cl2N4O4S3. The molecule has 5 rings (SSSR count). The van der Waals surface area contributed by atoms with Crippen molar-refractivity contribution >= 4 is 77.2 Å². The maximum Gasteiger partial charge on any atom is 0.252 e. The lowest BCUT2D eigenvalue weighted by molar-refractivity contribution is -0.123. The van der Waals surface area contributed by atoms with Crippen LogP contribution in [0, 0.1) is 12.8 Å². The number of halogens is 2. The summed E-state index contributed by atoms with van der Waals surface area (Å²) in [5, 5.41) is 1.27. The van der Waals surface area contributed by atoms with E-state index in [0.717, 1.165) is 66.4 Å². The number of thiazole rings is 1. The van der Waals surface area contributed by atoms with Crippen LogP contribution in [0.3, 0.4) is 0 Å². The van der Waals surface area contributed by atoms with Gasteiger partial charge in [0.2, 0.25) is 5.91 Å². The molecule has 0 saturated carbocycles. The van der Waals surface area contributed by atoms with E-state index in [9.17, 15) is 13.2 Å². The number of ether oxygens (including phenoxy) is 1. The van der Waals surface area contributed by atoms with Gasteiger partial charge in [0.15, 0.2) is 5.13 Å². The Morgan fingerprint density at radius 1 is 1.11 bits per heavy atom. The van der Waals surface area contributed by atoms with Crippen LogP contribution in [-0.2, 0) is 19.6 Å². The van der Waals surface area contributed by atoms with Gasteiger partial charge in [0.1, 0.15) is 4.21 Å². The van der Waals surface area contributed by atoms with Crippen molar-refractivity contribution in [2.45, 2.75) is 30.4 Å². The Hall–Kier alpha value is -1.31. The Balaban J connectivity index is 1.32. The van der Waals surface area contributed by atoms with Gasteiger partial charge in [0.05, 0.1) is 32.8 Å². The number of hydrogen-bond donors (Lipinski definition) is 0. The van der Waals surface area contributed by atoms with E-state index >= 15 is 0 Å². The van der Waals surface area contributed by atoms with E-state index in [1.54, 1.807) is 11.0 Å². The van der Waals surface area contributed by atoms with Crippen molar-refractivity contribution in [3.05, 3.63) is 39.2 Å². The molecular weight excluding hydrogens is 587 g/mol. The number of sulfonamides is 1. The molecule has 2 fully saturated rings. The highest BCUT2D eigenvalue weighted by atomic mass is 35.5. The van der Waals surface area contributed by atoms with Gasteiger partial charge < -0.3 is 4.74 Å². The summed E-state index contributed by atoms with van der Waals surface area (Å²) in [7, 11) is -3.61. The molecule has 0 unspecified atom stereocenters. The minimum atomic E-state index is -3.61. The summed E-state index contributed by atoms with van der Waals surface area (Å²) in [6, 6.07) is 6.94. The summed E-state index contributed by atoms with van der Waals surface area (Å²) < 4.78 is 34.5. The average molecular weight is 618 g/mol. The van der Waals surface area contributed by atoms with Crippen molar-refractivity contribution in [2.75, 3.05) is 57.4 Å². The number of piperidine rings is 1. The van der Waals surface area contributed by atoms with E-state index in [0.29, 0.717) is 47.0 Å². The fourth-order valence-electron chi connectivity index (χ4n) is 4.91. The van der Waals surface area contributed by atoms with Crippen molar-refractivity contribution in [1.82, 2.24) is 14.2 Å². The number of rotatable bonds is 8. The largest absolute Gasteiger partial charge is 0.379 e. The summed E-state index contributed by atoms with van der Waals surface area (Å²) in [5.74, 6) is -0.281. The molecule has 8 nitrogen and oxygen atoms in total. The van der Waals surface area contributed by atoms with E-state index in [4.69, 9.17) is 32.9 Å². The standard InChI is InChI=1S/C25H30Cl2N4O4S3/c1-17-3-4-19(26)23-22(17)28-25(37-23)31(10-2-9-29-13-15-35-16-14-29)24(32)18-7-11-30(12-8-18)38(33,34)21-6-5-20(27)36-21/h3-6,18H,2,7-16H2,1H3. The van der Waals surface area contributed by atoms with Crippen LogP contribution in [0.2, 0.25) is 9.36 Å². The molecule has 0 spiro atoms. The van der Waals surface area contributed by atoms with Gasteiger partial charge in [-0.15, -0.1) is 11.3 Å². The van der Waals surface area contributed by atoms with Crippen LogP contribution in [0.4, 0.5) is 5.13 Å². The first-order valence-electron chi connectivity index (χ1n) is 12.7. The Labute approximate surface area is 241 Å². The molecule has 1 amide bonds. The van der Waals surface area contributed by atoms with Gasteiger partial charge in [-0.25, -0.2) is 13.4 Å². The fraction of sp³-hybridized carbons (Fsp3) is 0.520. The van der Waals surface area contributed by atoms with E-state index in [2.05, 4.69) is 4.90 Å². The SMILES string of the molecule is Cc1ccc(Cl)c2sc(N(CCCN3CCOCC3)C(=O)C3CCN(S(=O)(=O)c4ccc(Cl)s4)CC3)nc12. The third kappa shape index (κ3) is 6.05. The molecule has 2 aliphatic heterocycles. The number of morpholine rings is 1. The molecule has 3 aromatic rings. The number of aromatic nitrogens is 1. The van der Waals surface area contributed by atoms with Crippen LogP contribution < -0.4 is 4.90 Å². The maximum atomic E-state index is 13.9. The van der Waals surface area contributed by atoms with E-state index in [1.165, 1.54) is 21.7 Å². The van der Waals surface area contributed by atoms with Crippen molar-refractivity contribution in [2.24, 2.45) is 5.92 Å². The van der Waals surface area contributed by atoms with Crippen LogP contribution in [0.5, 0.6) is 0 Å². The number of amides is 1. The van der Waals surface area contributed by atoms with Gasteiger partial charge in [-0.05, 0) is 49.9 Å². The lowest BCUT2D eigenvalue weighted by atomic mass is 9.96. The minimum absolute atomic E-state index is 0.00368. The molecule has 2 aliphatic rings. The number of benzene rings is 1. The highest BCUT2D eigenvalue weighted by molar-refractivity contribution is 7.91. The predicted octanol–water partition coefficient (Wildman–Crippen LogP) is 5.13. The second-order valence-corrected chi connectivity index (χ2v) is 14.8. The molecule has 0 bridgehead atoms. The number of aryl methyl sites for hydroxylation is 1. The molecule has 0 aliphatic carbocycles. The molecule has 0 atom stereocenters. The summed E-state index contributed by atoms with van der Waals surface area (Å²) in [6.45, 7) is 7.25. The monoisotopic (exact) mass is 616 g/mol. The van der Waals surface area contributed by atoms with Crippen molar-refractivity contribution in [1.29, 1.82) is 0 Å². The molecule has 1 aromatic carbocycles. The van der Waals surface area contributed by atoms with Crippen LogP contribution in [0.25, 0.3) is 10.2 Å². The zero-order chi connectivity index (χ0) is 26.9. The van der Waals surface area contributed by atoms with Crippen LogP contribution >= 0.6 is 45.9 Å². The predicted molar refractivity (Wildman–Crippen MR) is 154 cm³/mol. The van der Waals surface area contributed by atoms with Crippen molar-refractivity contribution < 1.29 is 17.9 Å². The zero-order valence-electron chi connectivity index (χ0n) is 21.1. The molecule has 206 valence electrons. The van der Waals surface area contributed by atoms with Crippen LogP contribution in [0.15, 0.2) is 28.5 Å². The van der Waals surface area contributed by atoms with Gasteiger partial charge in [0, 0.05) is 45.2 Å². The lowest BCUT2D eigenvalue weighted by Crippen LogP contribution is -2.45. The molecule has 0 N–H and O–H groups in total. The number of fused-ring (bicyclic) bond motifs is 1. The zero-order valence-corrected chi connectivity index (χ0v) is 25.0. The van der Waals surface area contributed by atoms with Gasteiger partial charge in [0.25, 0.3) is 10.0 Å². The number of thiophene rings is 1. The first-order valence-corrected chi connectivity index (χ1v) is 16.5. The van der Waals surface area contributed by atoms with E-state index in [-0.39, 0.29) is 16.0 Å². The Kier molecular flexibility index (Phi) is 8.95. The van der Waals surface area contributed by atoms with Crippen LogP contribution in [0.1, 0.15) is 24.8 Å². The van der Waals surface area contributed by atoms with Crippen LogP contribution in [-0.4, -0.2) is 81.0 Å². The summed E-state index contributed by atoms with van der Waals surface area (Å²) in [5.41, 5.74) is 1.83. The second-order valence-electron chi connectivity index (χ2n) is 9.57. The molecule has 4 heterocycles. The topological polar surface area (TPSA) is 83.0 Å². The Morgan fingerprint density at radius 2 is 1.84 bits per heavy atom.